The lowest BCUT2D eigenvalue weighted by molar-refractivity contribution is 0.373. The molecule has 13 heteroatoms. The summed E-state index contributed by atoms with van der Waals surface area (Å²) >= 11 is 3.23. The molecule has 0 spiro atoms. The molecule has 2 aromatic carbocycles. The SMILES string of the molecule is COc1cc(-c2cccs2)cc(C=NC2N=NN=N2)c1O.COc1cc(-c2cccs2)cc(C=Nc2ccccn2)c1O. The normalized spacial score (nSPS) is 12.6. The van der Waals surface area contributed by atoms with Crippen molar-refractivity contribution in [1.29, 1.82) is 0 Å². The summed E-state index contributed by atoms with van der Waals surface area (Å²) in [6.07, 6.45) is 4.08. The zero-order valence-electron chi connectivity index (χ0n) is 23.0. The number of phenols is 2. The van der Waals surface area contributed by atoms with Gasteiger partial charge in [0, 0.05) is 39.5 Å². The number of pyridine rings is 1. The minimum atomic E-state index is -0.680. The number of thiophene rings is 2. The summed E-state index contributed by atoms with van der Waals surface area (Å²) in [6, 6.07) is 20.8. The summed E-state index contributed by atoms with van der Waals surface area (Å²) in [5.41, 5.74) is 3.03. The third-order valence-electron chi connectivity index (χ3n) is 5.94. The van der Waals surface area contributed by atoms with Crippen LogP contribution in [0.4, 0.5) is 5.82 Å². The predicted octanol–water partition coefficient (Wildman–Crippen LogP) is 7.94. The molecule has 0 unspecified atom stereocenters. The van der Waals surface area contributed by atoms with Crippen LogP contribution >= 0.6 is 22.7 Å². The van der Waals surface area contributed by atoms with Gasteiger partial charge in [-0.2, -0.15) is 0 Å². The largest absolute Gasteiger partial charge is 0.504 e. The van der Waals surface area contributed by atoms with Crippen LogP contribution < -0.4 is 9.47 Å². The van der Waals surface area contributed by atoms with E-state index >= 15 is 0 Å². The van der Waals surface area contributed by atoms with Crippen LogP contribution in [-0.4, -0.2) is 48.1 Å². The van der Waals surface area contributed by atoms with Crippen LogP contribution in [0.2, 0.25) is 0 Å². The molecule has 216 valence electrons. The molecule has 0 saturated heterocycles. The number of benzene rings is 2. The maximum absolute atomic E-state index is 10.3. The number of rotatable bonds is 8. The molecule has 11 nitrogen and oxygen atoms in total. The van der Waals surface area contributed by atoms with Crippen molar-refractivity contribution in [3.05, 3.63) is 94.8 Å². The number of phenolic OH excluding ortho intramolecular Hbond substituents is 2. The first-order valence-corrected chi connectivity index (χ1v) is 14.5. The van der Waals surface area contributed by atoms with E-state index in [2.05, 4.69) is 35.6 Å². The number of nitrogens with zero attached hydrogens (tertiary/aromatic N) is 7. The summed E-state index contributed by atoms with van der Waals surface area (Å²) < 4.78 is 10.5. The van der Waals surface area contributed by atoms with Crippen molar-refractivity contribution < 1.29 is 19.7 Å². The van der Waals surface area contributed by atoms with Crippen LogP contribution in [0.5, 0.6) is 23.0 Å². The fourth-order valence-electron chi connectivity index (χ4n) is 3.87. The van der Waals surface area contributed by atoms with Crippen LogP contribution in [-0.2, 0) is 0 Å². The van der Waals surface area contributed by atoms with E-state index in [9.17, 15) is 10.2 Å². The molecule has 5 aromatic rings. The minimum absolute atomic E-state index is 0.0217. The van der Waals surface area contributed by atoms with Gasteiger partial charge in [-0.25, -0.2) is 15.0 Å². The monoisotopic (exact) mass is 611 g/mol. The van der Waals surface area contributed by atoms with Crippen molar-refractivity contribution in [2.45, 2.75) is 6.29 Å². The van der Waals surface area contributed by atoms with Crippen molar-refractivity contribution in [2.24, 2.45) is 30.7 Å². The van der Waals surface area contributed by atoms with Crippen molar-refractivity contribution in [3.8, 4) is 43.9 Å². The van der Waals surface area contributed by atoms with Gasteiger partial charge in [0.1, 0.15) is 0 Å². The van der Waals surface area contributed by atoms with Gasteiger partial charge < -0.3 is 19.7 Å². The Morgan fingerprint density at radius 2 is 1.33 bits per heavy atom. The lowest BCUT2D eigenvalue weighted by Gasteiger charge is -2.09. The maximum Gasteiger partial charge on any atom is 0.275 e. The van der Waals surface area contributed by atoms with Crippen LogP contribution in [0, 0.1) is 0 Å². The molecule has 1 aliphatic rings. The average Bonchev–Trinajstić information content (AvgIpc) is 3.86. The van der Waals surface area contributed by atoms with E-state index in [4.69, 9.17) is 9.47 Å². The van der Waals surface area contributed by atoms with E-state index in [-0.39, 0.29) is 11.5 Å². The Labute approximate surface area is 254 Å². The molecule has 4 heterocycles. The molecule has 0 aliphatic carbocycles. The molecule has 0 fully saturated rings. The molecule has 0 amide bonds. The fraction of sp³-hybridized carbons (Fsp3) is 0.100. The molecule has 0 atom stereocenters. The molecule has 0 saturated carbocycles. The van der Waals surface area contributed by atoms with Crippen molar-refractivity contribution in [3.63, 3.8) is 0 Å². The first-order chi connectivity index (χ1) is 21.1. The van der Waals surface area contributed by atoms with Gasteiger partial charge in [-0.05, 0) is 80.9 Å². The summed E-state index contributed by atoms with van der Waals surface area (Å²) in [4.78, 5) is 14.7. The lowest BCUT2D eigenvalue weighted by atomic mass is 10.1. The molecular weight excluding hydrogens is 587 g/mol. The number of ether oxygens (including phenoxy) is 2. The van der Waals surface area contributed by atoms with Gasteiger partial charge in [-0.3, -0.25) is 0 Å². The molecule has 43 heavy (non-hydrogen) atoms. The highest BCUT2D eigenvalue weighted by atomic mass is 32.1. The van der Waals surface area contributed by atoms with Gasteiger partial charge in [0.05, 0.1) is 14.2 Å². The second kappa shape index (κ2) is 14.1. The van der Waals surface area contributed by atoms with Gasteiger partial charge in [-0.1, -0.05) is 18.2 Å². The van der Waals surface area contributed by atoms with E-state index in [1.807, 2.05) is 65.4 Å². The molecule has 6 rings (SSSR count). The van der Waals surface area contributed by atoms with Crippen LogP contribution in [0.15, 0.2) is 114 Å². The molecule has 2 N–H and O–H groups in total. The van der Waals surface area contributed by atoms with E-state index in [0.717, 1.165) is 20.9 Å². The van der Waals surface area contributed by atoms with Crippen molar-refractivity contribution in [2.75, 3.05) is 14.2 Å². The number of hydrogen-bond donors (Lipinski definition) is 2. The average molecular weight is 612 g/mol. The smallest absolute Gasteiger partial charge is 0.275 e. The Morgan fingerprint density at radius 3 is 1.81 bits per heavy atom. The Balaban J connectivity index is 0.000000171. The van der Waals surface area contributed by atoms with Crippen LogP contribution in [0.25, 0.3) is 20.9 Å². The zero-order valence-corrected chi connectivity index (χ0v) is 24.6. The van der Waals surface area contributed by atoms with Gasteiger partial charge in [0.25, 0.3) is 6.29 Å². The maximum atomic E-state index is 10.3. The highest BCUT2D eigenvalue weighted by Gasteiger charge is 2.13. The van der Waals surface area contributed by atoms with Crippen molar-refractivity contribution in [1.82, 2.24) is 4.98 Å². The molecule has 0 bridgehead atoms. The Morgan fingerprint density at radius 1 is 0.744 bits per heavy atom. The number of hydrogen-bond acceptors (Lipinski definition) is 13. The Bertz CT molecular complexity index is 1760. The number of aromatic nitrogens is 1. The van der Waals surface area contributed by atoms with E-state index < -0.39 is 6.29 Å². The first kappa shape index (κ1) is 29.2. The summed E-state index contributed by atoms with van der Waals surface area (Å²) in [6.45, 7) is 0. The summed E-state index contributed by atoms with van der Waals surface area (Å²) in [5.74, 6) is 1.49. The standard InChI is InChI=1S/C17H14N2O2S.C13H11N5O2S/c1-21-14-10-12(15-5-4-8-22-15)9-13(17(14)20)11-19-16-6-2-3-7-18-16;1-20-10-6-8(11-3-2-4-21-11)5-9(12(10)19)7-14-13-15-17-18-16-13/h2-11,20H,1H3;2-7,13,19H,1H3. The van der Waals surface area contributed by atoms with E-state index in [0.29, 0.717) is 28.4 Å². The second-order valence-corrected chi connectivity index (χ2v) is 10.6. The van der Waals surface area contributed by atoms with Crippen molar-refractivity contribution >= 4 is 40.9 Å². The third-order valence-corrected chi connectivity index (χ3v) is 7.78. The number of methoxy groups -OCH3 is 2. The lowest BCUT2D eigenvalue weighted by Crippen LogP contribution is -1.95. The molecule has 1 aliphatic heterocycles. The summed E-state index contributed by atoms with van der Waals surface area (Å²) in [5, 5.41) is 38.5. The Kier molecular flexibility index (Phi) is 9.56. The van der Waals surface area contributed by atoms with Gasteiger partial charge in [0.15, 0.2) is 28.8 Å². The highest BCUT2D eigenvalue weighted by molar-refractivity contribution is 7.13. The first-order valence-electron chi connectivity index (χ1n) is 12.7. The summed E-state index contributed by atoms with van der Waals surface area (Å²) in [7, 11) is 3.04. The van der Waals surface area contributed by atoms with Gasteiger partial charge in [0.2, 0.25) is 0 Å². The fourth-order valence-corrected chi connectivity index (χ4v) is 5.30. The minimum Gasteiger partial charge on any atom is -0.504 e. The second-order valence-electron chi connectivity index (χ2n) is 8.67. The molecule has 3 aromatic heterocycles. The van der Waals surface area contributed by atoms with Crippen LogP contribution in [0.3, 0.4) is 0 Å². The van der Waals surface area contributed by atoms with E-state index in [1.54, 1.807) is 47.2 Å². The Hall–Kier alpha value is -5.27. The van der Waals surface area contributed by atoms with Gasteiger partial charge >= 0.3 is 0 Å². The van der Waals surface area contributed by atoms with Gasteiger partial charge in [-0.15, -0.1) is 32.9 Å². The zero-order chi connectivity index (χ0) is 30.0. The molecule has 0 radical (unpaired) electrons. The number of aliphatic imine (C=N–C) groups is 2. The van der Waals surface area contributed by atoms with Crippen LogP contribution in [0.1, 0.15) is 11.1 Å². The number of aromatic hydroxyl groups is 2. The highest BCUT2D eigenvalue weighted by Crippen LogP contribution is 2.37. The predicted molar refractivity (Wildman–Crippen MR) is 169 cm³/mol. The van der Waals surface area contributed by atoms with E-state index in [1.165, 1.54) is 20.4 Å². The third kappa shape index (κ3) is 7.33. The molecular formula is C30H25N7O4S2. The quantitative estimate of drug-likeness (QED) is 0.171. The topological polar surface area (TPSA) is 146 Å².